The van der Waals surface area contributed by atoms with Crippen molar-refractivity contribution in [2.45, 2.75) is 107 Å². The van der Waals surface area contributed by atoms with E-state index in [2.05, 4.69) is 4.98 Å². The Balaban J connectivity index is 1.47. The van der Waals surface area contributed by atoms with Crippen LogP contribution in [0.5, 0.6) is 0 Å². The summed E-state index contributed by atoms with van der Waals surface area (Å²) in [6, 6.07) is 3.28. The molecule has 3 fully saturated rings. The molecular formula is C34H47NO13. The highest BCUT2D eigenvalue weighted by Crippen LogP contribution is 2.62. The minimum Gasteiger partial charge on any atom is -0.457 e. The molecule has 4 heterocycles. The molecule has 0 aromatic carbocycles. The van der Waals surface area contributed by atoms with Gasteiger partial charge in [-0.1, -0.05) is 32.1 Å². The monoisotopic (exact) mass is 677 g/mol. The number of carbonyl (C=O) groups excluding carboxylic acids is 2. The molecule has 1 spiro atoms. The molecule has 6 N–H and O–H groups in total. The summed E-state index contributed by atoms with van der Waals surface area (Å²) < 4.78 is 37.1. The Morgan fingerprint density at radius 1 is 1.15 bits per heavy atom. The summed E-state index contributed by atoms with van der Waals surface area (Å²) in [5.74, 6) is -3.52. The predicted molar refractivity (Wildman–Crippen MR) is 165 cm³/mol. The maximum atomic E-state index is 13.4. The average molecular weight is 678 g/mol. The van der Waals surface area contributed by atoms with E-state index < -0.39 is 115 Å². The topological polar surface area (TPSA) is 206 Å². The van der Waals surface area contributed by atoms with E-state index in [1.807, 2.05) is 39.0 Å². The van der Waals surface area contributed by atoms with Crippen LogP contribution >= 0.6 is 0 Å². The molecule has 2 saturated heterocycles. The third-order valence-electron chi connectivity index (χ3n) is 11.0. The number of aliphatic hydroxyl groups excluding tert-OH is 5. The van der Waals surface area contributed by atoms with Crippen molar-refractivity contribution in [1.82, 2.24) is 4.98 Å². The first kappa shape index (κ1) is 35.2. The van der Waals surface area contributed by atoms with Gasteiger partial charge in [0.1, 0.15) is 54.0 Å². The van der Waals surface area contributed by atoms with Crippen LogP contribution in [0.3, 0.4) is 0 Å². The van der Waals surface area contributed by atoms with Crippen molar-refractivity contribution in [3.8, 4) is 0 Å². The molecule has 0 amide bonds. The number of H-pyrrole nitrogens is 1. The van der Waals surface area contributed by atoms with Gasteiger partial charge in [-0.25, -0.2) is 9.59 Å². The number of carbonyl (C=O) groups is 2. The number of hydrogen-bond acceptors (Lipinski definition) is 13. The van der Waals surface area contributed by atoms with Crippen LogP contribution in [0.15, 0.2) is 42.1 Å². The van der Waals surface area contributed by atoms with Crippen LogP contribution in [0.2, 0.25) is 0 Å². The van der Waals surface area contributed by atoms with Crippen LogP contribution < -0.4 is 0 Å². The van der Waals surface area contributed by atoms with Crippen LogP contribution in [0.1, 0.15) is 44.6 Å². The summed E-state index contributed by atoms with van der Waals surface area (Å²) in [7, 11) is 1.42. The molecule has 1 aromatic rings. The Morgan fingerprint density at radius 2 is 1.90 bits per heavy atom. The quantitative estimate of drug-likeness (QED) is 0.169. The van der Waals surface area contributed by atoms with Gasteiger partial charge in [0.15, 0.2) is 12.4 Å². The molecule has 1 aromatic heterocycles. The first-order chi connectivity index (χ1) is 22.8. The number of rotatable bonds is 7. The summed E-state index contributed by atoms with van der Waals surface area (Å²) in [4.78, 5) is 29.6. The molecule has 4 bridgehead atoms. The second-order valence-corrected chi connectivity index (χ2v) is 13.9. The third-order valence-corrected chi connectivity index (χ3v) is 11.0. The van der Waals surface area contributed by atoms with Crippen LogP contribution in [0.4, 0.5) is 0 Å². The van der Waals surface area contributed by atoms with Crippen LogP contribution in [0, 0.1) is 29.6 Å². The highest BCUT2D eigenvalue weighted by atomic mass is 16.7. The van der Waals surface area contributed by atoms with Crippen molar-refractivity contribution in [2.75, 3.05) is 13.7 Å². The van der Waals surface area contributed by atoms with Gasteiger partial charge in [-0.2, -0.15) is 0 Å². The number of aliphatic hydroxyl groups is 5. The molecule has 0 unspecified atom stereocenters. The Morgan fingerprint density at radius 3 is 2.54 bits per heavy atom. The predicted octanol–water partition coefficient (Wildman–Crippen LogP) is 0.225. The van der Waals surface area contributed by atoms with Crippen molar-refractivity contribution < 1.29 is 63.5 Å². The Kier molecular flexibility index (Phi) is 9.95. The van der Waals surface area contributed by atoms with Gasteiger partial charge in [0.25, 0.3) is 0 Å². The smallest absolute Gasteiger partial charge is 0.355 e. The van der Waals surface area contributed by atoms with Gasteiger partial charge in [0.2, 0.25) is 0 Å². The summed E-state index contributed by atoms with van der Waals surface area (Å²) in [6.07, 6.45) is -5.10. The van der Waals surface area contributed by atoms with Crippen molar-refractivity contribution in [3.05, 3.63) is 47.8 Å². The minimum atomic E-state index is -1.67. The largest absolute Gasteiger partial charge is 0.457 e. The highest BCUT2D eigenvalue weighted by molar-refractivity contribution is 5.87. The Labute approximate surface area is 278 Å². The first-order valence-corrected chi connectivity index (χ1v) is 16.6. The first-order valence-electron chi connectivity index (χ1n) is 16.6. The van der Waals surface area contributed by atoms with E-state index in [0.29, 0.717) is 0 Å². The van der Waals surface area contributed by atoms with Crippen molar-refractivity contribution >= 4 is 11.9 Å². The maximum Gasteiger partial charge on any atom is 0.355 e. The number of aromatic amines is 1. The Hall–Kier alpha value is -2.66. The molecule has 0 radical (unpaired) electrons. The lowest BCUT2D eigenvalue weighted by Crippen LogP contribution is -2.63. The molecule has 5 aliphatic rings. The van der Waals surface area contributed by atoms with Gasteiger partial charge in [-0.05, 0) is 38.0 Å². The molecule has 48 heavy (non-hydrogen) atoms. The van der Waals surface area contributed by atoms with E-state index in [9.17, 15) is 35.1 Å². The summed E-state index contributed by atoms with van der Waals surface area (Å²) >= 11 is 0. The normalized spacial score (nSPS) is 46.2. The Bertz CT molecular complexity index is 1380. The number of esters is 2. The summed E-state index contributed by atoms with van der Waals surface area (Å²) in [5, 5.41) is 52.5. The molecule has 3 aliphatic heterocycles. The van der Waals surface area contributed by atoms with Crippen LogP contribution in [-0.4, -0.2) is 129 Å². The van der Waals surface area contributed by atoms with E-state index in [1.165, 1.54) is 7.11 Å². The zero-order valence-corrected chi connectivity index (χ0v) is 27.6. The zero-order chi connectivity index (χ0) is 34.7. The molecule has 17 atom stereocenters. The lowest BCUT2D eigenvalue weighted by atomic mass is 9.57. The van der Waals surface area contributed by atoms with Crippen molar-refractivity contribution in [2.24, 2.45) is 29.6 Å². The molecule has 1 saturated carbocycles. The summed E-state index contributed by atoms with van der Waals surface area (Å²) in [6.45, 7) is 6.53. The summed E-state index contributed by atoms with van der Waals surface area (Å²) in [5.41, 5.74) is -0.111. The number of ether oxygens (including phenoxy) is 6. The molecule has 14 heteroatoms. The average Bonchev–Trinajstić information content (AvgIpc) is 3.66. The fourth-order valence-electron chi connectivity index (χ4n) is 8.66. The van der Waals surface area contributed by atoms with Gasteiger partial charge in [-0.15, -0.1) is 0 Å². The fourth-order valence-corrected chi connectivity index (χ4v) is 8.66. The van der Waals surface area contributed by atoms with E-state index in [4.69, 9.17) is 28.4 Å². The third kappa shape index (κ3) is 5.74. The zero-order valence-electron chi connectivity index (χ0n) is 27.6. The lowest BCUT2D eigenvalue weighted by Gasteiger charge is -2.51. The number of cyclic esters (lactones) is 1. The SMILES string of the molecule is CO[C@H]1C[C@H]2C=C[C@H]3[C@H]4O[C@@]2(C(C)=C[C@@H](C)[C@@H]([C@@H](C)O)OC1=O)[C@@H]3[C@H](O[C@@H]1O[C@H](CO)[C@@H](O)[C@H](O)[C@H]1O)[C@@H](C)[C@H]4OC(=O)c1ccc[nH]1. The number of methoxy groups -OCH3 is 1. The van der Waals surface area contributed by atoms with Crippen molar-refractivity contribution in [3.63, 3.8) is 0 Å². The van der Waals surface area contributed by atoms with Gasteiger partial charge in [0.05, 0.1) is 18.8 Å². The molecular weight excluding hydrogens is 630 g/mol. The van der Waals surface area contributed by atoms with E-state index in [-0.39, 0.29) is 18.0 Å². The molecule has 266 valence electrons. The fraction of sp³-hybridized carbons (Fsp3) is 0.706. The highest BCUT2D eigenvalue weighted by Gasteiger charge is 2.70. The number of nitrogens with one attached hydrogen (secondary N) is 1. The van der Waals surface area contributed by atoms with E-state index in [0.717, 1.165) is 5.57 Å². The second-order valence-electron chi connectivity index (χ2n) is 13.9. The van der Waals surface area contributed by atoms with Crippen LogP contribution in [-0.2, 0) is 33.2 Å². The molecule has 2 aliphatic carbocycles. The van der Waals surface area contributed by atoms with Gasteiger partial charge >= 0.3 is 11.9 Å². The van der Waals surface area contributed by atoms with Crippen LogP contribution in [0.25, 0.3) is 0 Å². The maximum absolute atomic E-state index is 13.4. The van der Waals surface area contributed by atoms with Gasteiger partial charge < -0.3 is 58.9 Å². The van der Waals surface area contributed by atoms with E-state index >= 15 is 0 Å². The lowest BCUT2D eigenvalue weighted by molar-refractivity contribution is -0.324. The molecule has 14 nitrogen and oxygen atoms in total. The van der Waals surface area contributed by atoms with E-state index in [1.54, 1.807) is 25.3 Å². The van der Waals surface area contributed by atoms with Gasteiger partial charge in [-0.3, -0.25) is 0 Å². The second kappa shape index (κ2) is 13.6. The number of aromatic nitrogens is 1. The number of hydrogen-bond donors (Lipinski definition) is 6. The molecule has 6 rings (SSSR count). The minimum absolute atomic E-state index is 0.155. The van der Waals surface area contributed by atoms with Crippen molar-refractivity contribution in [1.29, 1.82) is 0 Å². The standard InChI is InChI=1S/C34H47NO13/c1-14-11-15(2)34-18(12-21(43-5)32(42)45-27(14)17(4)37)8-9-19-23(34)28(47-33-26(40)25(39)24(38)22(13-36)44-33)16(3)29(30(19)48-34)46-31(41)20-7-6-10-35-20/h6-11,14,16-19,21-30,33,35-40H,12-13H2,1-5H3/t14-,16-,17-,18-,19-,21+,22-,23+,24-,25+,26-,27+,28-,29-,30-,33+,34-/m1/s1. The van der Waals surface area contributed by atoms with Gasteiger partial charge in [0, 0.05) is 42.9 Å².